The smallest absolute Gasteiger partial charge is 0.120 e. The number of rotatable bonds is 4. The van der Waals surface area contributed by atoms with E-state index in [9.17, 15) is 5.11 Å². The van der Waals surface area contributed by atoms with Gasteiger partial charge in [-0.05, 0) is 53.9 Å². The van der Waals surface area contributed by atoms with Crippen LogP contribution in [0.15, 0.2) is 66.7 Å². The molecule has 0 aliphatic rings. The molecule has 112 valence electrons. The molecular formula is C20H20O2. The second-order valence-corrected chi connectivity index (χ2v) is 6.06. The van der Waals surface area contributed by atoms with Gasteiger partial charge in [-0.2, -0.15) is 0 Å². The highest BCUT2D eigenvalue weighted by Crippen LogP contribution is 2.27. The lowest BCUT2D eigenvalue weighted by atomic mass is 9.95. The normalized spacial score (nSPS) is 11.6. The summed E-state index contributed by atoms with van der Waals surface area (Å²) in [6, 6.07) is 22.2. The van der Waals surface area contributed by atoms with Crippen LogP contribution in [0.25, 0.3) is 10.8 Å². The van der Waals surface area contributed by atoms with Crippen molar-refractivity contribution in [3.05, 3.63) is 77.9 Å². The van der Waals surface area contributed by atoms with Crippen molar-refractivity contribution in [2.75, 3.05) is 0 Å². The van der Waals surface area contributed by atoms with Crippen LogP contribution in [-0.2, 0) is 12.2 Å². The Kier molecular flexibility index (Phi) is 3.86. The van der Waals surface area contributed by atoms with Gasteiger partial charge in [-0.25, -0.2) is 0 Å². The first kappa shape index (κ1) is 14.6. The van der Waals surface area contributed by atoms with Crippen molar-refractivity contribution < 1.29 is 9.84 Å². The van der Waals surface area contributed by atoms with Gasteiger partial charge in [-0.1, -0.05) is 48.5 Å². The largest absolute Gasteiger partial charge is 0.489 e. The molecular weight excluding hydrogens is 272 g/mol. The Bertz CT molecular complexity index is 771. The Morgan fingerprint density at radius 3 is 2.27 bits per heavy atom. The van der Waals surface area contributed by atoms with Crippen LogP contribution in [-0.4, -0.2) is 5.11 Å². The zero-order valence-corrected chi connectivity index (χ0v) is 12.9. The molecule has 0 radical (unpaired) electrons. The lowest BCUT2D eigenvalue weighted by Gasteiger charge is -2.18. The molecule has 3 rings (SSSR count). The zero-order valence-electron chi connectivity index (χ0n) is 12.9. The third kappa shape index (κ3) is 3.29. The highest BCUT2D eigenvalue weighted by molar-refractivity contribution is 5.84. The maximum atomic E-state index is 10.1. The summed E-state index contributed by atoms with van der Waals surface area (Å²) < 4.78 is 5.85. The second-order valence-electron chi connectivity index (χ2n) is 6.06. The second kappa shape index (κ2) is 5.82. The first-order valence-electron chi connectivity index (χ1n) is 7.46. The van der Waals surface area contributed by atoms with E-state index in [0.717, 1.165) is 27.6 Å². The van der Waals surface area contributed by atoms with E-state index in [2.05, 4.69) is 12.1 Å². The number of benzene rings is 3. The molecule has 0 fully saturated rings. The van der Waals surface area contributed by atoms with Crippen molar-refractivity contribution in [2.45, 2.75) is 26.1 Å². The number of fused-ring (bicyclic) bond motifs is 1. The van der Waals surface area contributed by atoms with Crippen LogP contribution in [0.5, 0.6) is 5.75 Å². The summed E-state index contributed by atoms with van der Waals surface area (Å²) in [4.78, 5) is 0. The van der Waals surface area contributed by atoms with E-state index in [1.54, 1.807) is 13.8 Å². The van der Waals surface area contributed by atoms with E-state index in [0.29, 0.717) is 6.61 Å². The van der Waals surface area contributed by atoms with Crippen molar-refractivity contribution in [1.82, 2.24) is 0 Å². The summed E-state index contributed by atoms with van der Waals surface area (Å²) in [6.45, 7) is 4.16. The Morgan fingerprint density at radius 1 is 0.864 bits per heavy atom. The Morgan fingerprint density at radius 2 is 1.55 bits per heavy atom. The van der Waals surface area contributed by atoms with E-state index in [1.165, 1.54) is 0 Å². The van der Waals surface area contributed by atoms with E-state index in [4.69, 9.17) is 4.74 Å². The van der Waals surface area contributed by atoms with Crippen LogP contribution in [0.4, 0.5) is 0 Å². The summed E-state index contributed by atoms with van der Waals surface area (Å²) in [7, 11) is 0. The highest BCUT2D eigenvalue weighted by Gasteiger charge is 2.15. The van der Waals surface area contributed by atoms with E-state index in [-0.39, 0.29) is 0 Å². The zero-order chi connectivity index (χ0) is 15.6. The summed E-state index contributed by atoms with van der Waals surface area (Å²) in [5.41, 5.74) is 1.24. The van der Waals surface area contributed by atoms with Crippen LogP contribution in [0, 0.1) is 0 Å². The van der Waals surface area contributed by atoms with Crippen molar-refractivity contribution in [3.63, 3.8) is 0 Å². The molecule has 0 bridgehead atoms. The molecule has 0 amide bonds. The van der Waals surface area contributed by atoms with Gasteiger partial charge in [0.25, 0.3) is 0 Å². The molecule has 0 saturated heterocycles. The van der Waals surface area contributed by atoms with E-state index >= 15 is 0 Å². The number of hydrogen-bond acceptors (Lipinski definition) is 2. The van der Waals surface area contributed by atoms with Gasteiger partial charge >= 0.3 is 0 Å². The fourth-order valence-electron chi connectivity index (χ4n) is 2.44. The van der Waals surface area contributed by atoms with Crippen LogP contribution in [0.3, 0.4) is 0 Å². The number of hydrogen-bond donors (Lipinski definition) is 1. The molecule has 0 aliphatic carbocycles. The molecule has 0 atom stereocenters. The van der Waals surface area contributed by atoms with Crippen LogP contribution in [0.2, 0.25) is 0 Å². The predicted molar refractivity (Wildman–Crippen MR) is 90.0 cm³/mol. The molecule has 22 heavy (non-hydrogen) atoms. The highest BCUT2D eigenvalue weighted by atomic mass is 16.5. The third-order valence-electron chi connectivity index (χ3n) is 3.77. The molecule has 0 aromatic heterocycles. The predicted octanol–water partition coefficient (Wildman–Crippen LogP) is 4.65. The van der Waals surface area contributed by atoms with Gasteiger partial charge in [0.1, 0.15) is 12.4 Å². The third-order valence-corrected chi connectivity index (χ3v) is 3.77. The monoisotopic (exact) mass is 292 g/mol. The molecule has 0 unspecified atom stereocenters. The number of ether oxygens (including phenoxy) is 1. The summed E-state index contributed by atoms with van der Waals surface area (Å²) in [5.74, 6) is 0.854. The van der Waals surface area contributed by atoms with Crippen LogP contribution >= 0.6 is 0 Å². The van der Waals surface area contributed by atoms with Crippen molar-refractivity contribution in [1.29, 1.82) is 0 Å². The van der Waals surface area contributed by atoms with Crippen molar-refractivity contribution >= 4 is 10.8 Å². The van der Waals surface area contributed by atoms with Crippen molar-refractivity contribution in [3.8, 4) is 5.75 Å². The molecule has 2 heteroatoms. The van der Waals surface area contributed by atoms with Gasteiger partial charge in [0.05, 0.1) is 5.60 Å². The van der Waals surface area contributed by atoms with E-state index in [1.807, 2.05) is 54.6 Å². The van der Waals surface area contributed by atoms with Gasteiger partial charge in [0, 0.05) is 0 Å². The quantitative estimate of drug-likeness (QED) is 0.758. The minimum absolute atomic E-state index is 0.564. The van der Waals surface area contributed by atoms with Gasteiger partial charge in [-0.3, -0.25) is 0 Å². The first-order valence-corrected chi connectivity index (χ1v) is 7.46. The van der Waals surface area contributed by atoms with Crippen LogP contribution in [0.1, 0.15) is 25.0 Å². The Balaban J connectivity index is 1.81. The lowest BCUT2D eigenvalue weighted by molar-refractivity contribution is 0.0787. The SMILES string of the molecule is CC(C)(O)c1ccc2cc(OCc3ccccc3)ccc2c1. The molecule has 3 aromatic carbocycles. The molecule has 2 nitrogen and oxygen atoms in total. The Labute approximate surface area is 131 Å². The lowest BCUT2D eigenvalue weighted by Crippen LogP contribution is -2.14. The fourth-order valence-corrected chi connectivity index (χ4v) is 2.44. The van der Waals surface area contributed by atoms with Gasteiger partial charge in [0.2, 0.25) is 0 Å². The molecule has 0 saturated carbocycles. The first-order chi connectivity index (χ1) is 10.5. The van der Waals surface area contributed by atoms with Crippen LogP contribution < -0.4 is 4.74 Å². The minimum Gasteiger partial charge on any atom is -0.489 e. The van der Waals surface area contributed by atoms with E-state index < -0.39 is 5.60 Å². The Hall–Kier alpha value is -2.32. The van der Waals surface area contributed by atoms with Crippen molar-refractivity contribution in [2.24, 2.45) is 0 Å². The van der Waals surface area contributed by atoms with Gasteiger partial charge < -0.3 is 9.84 Å². The molecule has 3 aromatic rings. The fraction of sp³-hybridized carbons (Fsp3) is 0.200. The minimum atomic E-state index is -0.823. The summed E-state index contributed by atoms with van der Waals surface area (Å²) in [6.07, 6.45) is 0. The maximum Gasteiger partial charge on any atom is 0.120 e. The standard InChI is InChI=1S/C20H20O2/c1-20(2,21)18-10-8-17-13-19(11-9-16(17)12-18)22-14-15-6-4-3-5-7-15/h3-13,21H,14H2,1-2H3. The average molecular weight is 292 g/mol. The summed E-state index contributed by atoms with van der Waals surface area (Å²) >= 11 is 0. The molecule has 0 heterocycles. The summed E-state index contributed by atoms with van der Waals surface area (Å²) in [5, 5.41) is 12.3. The van der Waals surface area contributed by atoms with Gasteiger partial charge in [-0.15, -0.1) is 0 Å². The number of aliphatic hydroxyl groups is 1. The maximum absolute atomic E-state index is 10.1. The average Bonchev–Trinajstić information content (AvgIpc) is 2.52. The topological polar surface area (TPSA) is 29.5 Å². The molecule has 0 aliphatic heterocycles. The van der Waals surface area contributed by atoms with Gasteiger partial charge in [0.15, 0.2) is 0 Å². The molecule has 0 spiro atoms. The molecule has 1 N–H and O–H groups in total.